The Kier molecular flexibility index (Phi) is 9.51. The lowest BCUT2D eigenvalue weighted by Gasteiger charge is -1.96. The van der Waals surface area contributed by atoms with Crippen molar-refractivity contribution in [1.29, 1.82) is 0 Å². The number of unbranched alkanes of at least 4 members (excludes halogenated alkanes) is 6. The van der Waals surface area contributed by atoms with Gasteiger partial charge in [0.05, 0.1) is 0 Å². The van der Waals surface area contributed by atoms with Crippen molar-refractivity contribution in [3.63, 3.8) is 0 Å². The largest absolute Gasteiger partial charge is 0.0917 e. The zero-order valence-corrected chi connectivity index (χ0v) is 8.10. The molecule has 0 saturated carbocycles. The molecular formula is C11H22. The third-order valence-electron chi connectivity index (χ3n) is 1.96. The fourth-order valence-electron chi connectivity index (χ4n) is 1.21. The van der Waals surface area contributed by atoms with E-state index in [4.69, 9.17) is 0 Å². The first-order valence-electron chi connectivity index (χ1n) is 5.03. The molecule has 0 aromatic carbocycles. The zero-order chi connectivity index (χ0) is 8.36. The van der Waals surface area contributed by atoms with Crippen molar-refractivity contribution in [2.45, 2.75) is 58.8 Å². The second-order valence-electron chi connectivity index (χ2n) is 3.13. The summed E-state index contributed by atoms with van der Waals surface area (Å²) in [4.78, 5) is 0. The van der Waals surface area contributed by atoms with E-state index >= 15 is 0 Å². The van der Waals surface area contributed by atoms with Crippen LogP contribution in [0, 0.1) is 0 Å². The summed E-state index contributed by atoms with van der Waals surface area (Å²) in [6.45, 7) is 4.36. The minimum atomic E-state index is 1.28. The number of hydrogen-bond donors (Lipinski definition) is 0. The average Bonchev–Trinajstić information content (AvgIpc) is 2.03. The second-order valence-corrected chi connectivity index (χ2v) is 3.13. The van der Waals surface area contributed by atoms with Gasteiger partial charge in [0.2, 0.25) is 0 Å². The Balaban J connectivity index is 2.79. The summed E-state index contributed by atoms with van der Waals surface area (Å²) in [6, 6.07) is 0. The predicted octanol–water partition coefficient (Wildman–Crippen LogP) is 4.31. The number of allylic oxidation sites excluding steroid dienone is 2. The van der Waals surface area contributed by atoms with Gasteiger partial charge in [-0.25, -0.2) is 0 Å². The van der Waals surface area contributed by atoms with Gasteiger partial charge in [-0.1, -0.05) is 51.2 Å². The molecule has 0 bridgehead atoms. The topological polar surface area (TPSA) is 0 Å². The molecule has 0 unspecified atom stereocenters. The van der Waals surface area contributed by atoms with E-state index in [1.54, 1.807) is 0 Å². The molecule has 0 N–H and O–H groups in total. The van der Waals surface area contributed by atoms with Gasteiger partial charge in [0.25, 0.3) is 0 Å². The van der Waals surface area contributed by atoms with Crippen molar-refractivity contribution in [2.75, 3.05) is 0 Å². The van der Waals surface area contributed by atoms with E-state index in [2.05, 4.69) is 26.0 Å². The van der Waals surface area contributed by atoms with Crippen molar-refractivity contribution in [1.82, 2.24) is 0 Å². The van der Waals surface area contributed by atoms with Crippen LogP contribution in [0.4, 0.5) is 0 Å². The molecule has 0 aliphatic rings. The van der Waals surface area contributed by atoms with Crippen LogP contribution in [0.3, 0.4) is 0 Å². The van der Waals surface area contributed by atoms with Crippen LogP contribution in [0.25, 0.3) is 0 Å². The van der Waals surface area contributed by atoms with Crippen molar-refractivity contribution in [3.05, 3.63) is 12.2 Å². The Labute approximate surface area is 71.7 Å². The Morgan fingerprint density at radius 1 is 0.909 bits per heavy atom. The van der Waals surface area contributed by atoms with E-state index in [0.29, 0.717) is 0 Å². The van der Waals surface area contributed by atoms with Crippen LogP contribution in [0.1, 0.15) is 58.8 Å². The van der Waals surface area contributed by atoms with E-state index in [9.17, 15) is 0 Å². The lowest BCUT2D eigenvalue weighted by atomic mass is 10.1. The van der Waals surface area contributed by atoms with E-state index in [1.807, 2.05) is 0 Å². The highest BCUT2D eigenvalue weighted by Crippen LogP contribution is 2.06. The van der Waals surface area contributed by atoms with Gasteiger partial charge < -0.3 is 0 Å². The summed E-state index contributed by atoms with van der Waals surface area (Å²) in [6.07, 6.45) is 14.1. The minimum absolute atomic E-state index is 1.28. The first-order chi connectivity index (χ1) is 5.41. The fourth-order valence-corrected chi connectivity index (χ4v) is 1.21. The number of hydrogen-bond acceptors (Lipinski definition) is 0. The molecule has 0 amide bonds. The summed E-state index contributed by atoms with van der Waals surface area (Å²) in [5.41, 5.74) is 0. The van der Waals surface area contributed by atoms with E-state index < -0.39 is 0 Å². The number of rotatable bonds is 7. The van der Waals surface area contributed by atoms with Gasteiger partial charge in [-0.15, -0.1) is 0 Å². The van der Waals surface area contributed by atoms with Crippen LogP contribution < -0.4 is 0 Å². The zero-order valence-electron chi connectivity index (χ0n) is 8.10. The summed E-state index contributed by atoms with van der Waals surface area (Å²) in [5.74, 6) is 0. The van der Waals surface area contributed by atoms with E-state index in [0.717, 1.165) is 0 Å². The standard InChI is InChI=1S/C11H22/c1-3-5-7-9-11-10-8-6-4-2/h3,5H,4,6-11H2,1-2H3/b5-3+. The lowest BCUT2D eigenvalue weighted by molar-refractivity contribution is 0.611. The molecule has 0 radical (unpaired) electrons. The monoisotopic (exact) mass is 154 g/mol. The molecule has 0 rings (SSSR count). The SMILES string of the molecule is C/C=C/CCCCCCCC. The summed E-state index contributed by atoms with van der Waals surface area (Å²) in [7, 11) is 0. The maximum Gasteiger partial charge on any atom is -0.0351 e. The van der Waals surface area contributed by atoms with Gasteiger partial charge in [-0.3, -0.25) is 0 Å². The smallest absolute Gasteiger partial charge is 0.0351 e. The van der Waals surface area contributed by atoms with Gasteiger partial charge >= 0.3 is 0 Å². The Hall–Kier alpha value is -0.260. The van der Waals surface area contributed by atoms with E-state index in [1.165, 1.54) is 44.9 Å². The molecule has 0 fully saturated rings. The molecule has 0 aromatic rings. The van der Waals surface area contributed by atoms with Crippen LogP contribution in [0.15, 0.2) is 12.2 Å². The highest BCUT2D eigenvalue weighted by molar-refractivity contribution is 4.76. The van der Waals surface area contributed by atoms with Gasteiger partial charge in [0.1, 0.15) is 0 Å². The minimum Gasteiger partial charge on any atom is -0.0917 e. The van der Waals surface area contributed by atoms with Gasteiger partial charge in [-0.2, -0.15) is 0 Å². The molecule has 0 aliphatic heterocycles. The first-order valence-corrected chi connectivity index (χ1v) is 5.03. The lowest BCUT2D eigenvalue weighted by Crippen LogP contribution is -1.77. The molecular weight excluding hydrogens is 132 g/mol. The molecule has 11 heavy (non-hydrogen) atoms. The maximum atomic E-state index is 2.26. The van der Waals surface area contributed by atoms with Crippen molar-refractivity contribution < 1.29 is 0 Å². The summed E-state index contributed by atoms with van der Waals surface area (Å²) in [5, 5.41) is 0. The summed E-state index contributed by atoms with van der Waals surface area (Å²) >= 11 is 0. The Morgan fingerprint density at radius 2 is 1.55 bits per heavy atom. The second kappa shape index (κ2) is 9.74. The normalized spacial score (nSPS) is 11.1. The first kappa shape index (κ1) is 10.7. The molecule has 66 valence electrons. The van der Waals surface area contributed by atoms with Crippen molar-refractivity contribution >= 4 is 0 Å². The van der Waals surface area contributed by atoms with Crippen LogP contribution in [-0.4, -0.2) is 0 Å². The van der Waals surface area contributed by atoms with Gasteiger partial charge in [0.15, 0.2) is 0 Å². The van der Waals surface area contributed by atoms with Crippen molar-refractivity contribution in [2.24, 2.45) is 0 Å². The molecule has 0 heterocycles. The molecule has 0 aliphatic carbocycles. The van der Waals surface area contributed by atoms with Crippen LogP contribution in [0.5, 0.6) is 0 Å². The van der Waals surface area contributed by atoms with Gasteiger partial charge in [0, 0.05) is 0 Å². The highest BCUT2D eigenvalue weighted by Gasteiger charge is 1.86. The highest BCUT2D eigenvalue weighted by atomic mass is 13.9. The van der Waals surface area contributed by atoms with Crippen LogP contribution >= 0.6 is 0 Å². The molecule has 0 spiro atoms. The fraction of sp³-hybridized carbons (Fsp3) is 0.818. The average molecular weight is 154 g/mol. The van der Waals surface area contributed by atoms with Crippen LogP contribution in [-0.2, 0) is 0 Å². The van der Waals surface area contributed by atoms with E-state index in [-0.39, 0.29) is 0 Å². The summed E-state index contributed by atoms with van der Waals surface area (Å²) < 4.78 is 0. The third kappa shape index (κ3) is 9.74. The Bertz CT molecular complexity index is 82.0. The molecule has 0 nitrogen and oxygen atoms in total. The van der Waals surface area contributed by atoms with Gasteiger partial charge in [-0.05, 0) is 19.8 Å². The molecule has 0 saturated heterocycles. The maximum absolute atomic E-state index is 2.26. The Morgan fingerprint density at radius 3 is 2.18 bits per heavy atom. The van der Waals surface area contributed by atoms with Crippen LogP contribution in [0.2, 0.25) is 0 Å². The third-order valence-corrected chi connectivity index (χ3v) is 1.96. The van der Waals surface area contributed by atoms with Crippen molar-refractivity contribution in [3.8, 4) is 0 Å². The molecule has 0 heteroatoms. The quantitative estimate of drug-likeness (QED) is 0.378. The molecule has 0 aromatic heterocycles. The molecule has 0 atom stereocenters. The predicted molar refractivity (Wildman–Crippen MR) is 52.8 cm³/mol.